The fourth-order valence-corrected chi connectivity index (χ4v) is 6.75. The number of quaternary nitrogens is 1. The lowest BCUT2D eigenvalue weighted by Gasteiger charge is -2.43. The van der Waals surface area contributed by atoms with Crippen molar-refractivity contribution in [3.8, 4) is 0 Å². The van der Waals surface area contributed by atoms with Gasteiger partial charge in [-0.25, -0.2) is 4.79 Å². The summed E-state index contributed by atoms with van der Waals surface area (Å²) < 4.78 is 0.603. The summed E-state index contributed by atoms with van der Waals surface area (Å²) in [6.07, 6.45) is 0.399. The first-order valence-electron chi connectivity index (χ1n) is 8.58. The zero-order valence-corrected chi connectivity index (χ0v) is 16.8. The Kier molecular flexibility index (Phi) is 5.58. The van der Waals surface area contributed by atoms with Gasteiger partial charge in [0, 0.05) is 17.1 Å². The van der Waals surface area contributed by atoms with Gasteiger partial charge in [-0.2, -0.15) is 0 Å². The fraction of sp³-hybridized carbons (Fsp3) is 0.556. The quantitative estimate of drug-likeness (QED) is 0.538. The lowest BCUT2D eigenvalue weighted by atomic mass is 9.93. The number of aliphatic carboxylic acids is 1. The molecule has 6 nitrogen and oxygen atoms in total. The first-order valence-corrected chi connectivity index (χ1v) is 10.4. The minimum absolute atomic E-state index is 0.0510. The molecule has 2 saturated heterocycles. The van der Waals surface area contributed by atoms with E-state index in [1.54, 1.807) is 0 Å². The van der Waals surface area contributed by atoms with E-state index in [9.17, 15) is 14.7 Å². The van der Waals surface area contributed by atoms with Crippen LogP contribution in [-0.2, 0) is 16.1 Å². The number of nitrogens with zero attached hydrogens (tertiary/aromatic N) is 2. The van der Waals surface area contributed by atoms with E-state index in [0.717, 1.165) is 15.9 Å². The molecule has 2 N–H and O–H groups in total. The summed E-state index contributed by atoms with van der Waals surface area (Å²) in [4.78, 5) is 26.5. The monoisotopic (exact) mass is 397 g/mol. The second kappa shape index (κ2) is 7.42. The maximum atomic E-state index is 12.3. The van der Waals surface area contributed by atoms with E-state index < -0.39 is 12.0 Å². The van der Waals surface area contributed by atoms with Crippen molar-refractivity contribution in [1.82, 2.24) is 4.90 Å². The number of thioether (sulfide) groups is 2. The lowest BCUT2D eigenvalue weighted by Crippen LogP contribution is -2.61. The van der Waals surface area contributed by atoms with Crippen LogP contribution in [0.3, 0.4) is 0 Å². The summed E-state index contributed by atoms with van der Waals surface area (Å²) in [6, 6.07) is 7.39. The number of aliphatic hydroxyl groups is 1. The second-order valence-corrected chi connectivity index (χ2v) is 10.5. The Morgan fingerprint density at radius 1 is 1.27 bits per heavy atom. The number of rotatable bonds is 7. The van der Waals surface area contributed by atoms with Crippen molar-refractivity contribution in [2.45, 2.75) is 33.9 Å². The average molecular weight is 398 g/mol. The summed E-state index contributed by atoms with van der Waals surface area (Å²) in [5.41, 5.74) is 1.23. The summed E-state index contributed by atoms with van der Waals surface area (Å²) >= 11 is 3.04. The Bertz CT molecular complexity index is 689. The molecule has 4 atom stereocenters. The van der Waals surface area contributed by atoms with Crippen molar-refractivity contribution in [1.29, 1.82) is 0 Å². The minimum atomic E-state index is -0.963. The molecule has 3 unspecified atom stereocenters. The molecule has 1 amide bonds. The molecule has 1 aromatic rings. The molecule has 0 aliphatic carbocycles. The van der Waals surface area contributed by atoms with E-state index in [-0.39, 0.29) is 28.4 Å². The Morgan fingerprint density at radius 2 is 1.92 bits per heavy atom. The van der Waals surface area contributed by atoms with Gasteiger partial charge in [0.25, 0.3) is 0 Å². The van der Waals surface area contributed by atoms with Crippen LogP contribution in [0.1, 0.15) is 12.0 Å². The van der Waals surface area contributed by atoms with Gasteiger partial charge in [0.1, 0.15) is 6.54 Å². The van der Waals surface area contributed by atoms with Crippen LogP contribution < -0.4 is 0 Å². The molecule has 0 radical (unpaired) electrons. The Balaban J connectivity index is 1.71. The van der Waals surface area contributed by atoms with Crippen molar-refractivity contribution in [2.24, 2.45) is 5.92 Å². The largest absolute Gasteiger partial charge is 0.480 e. The highest BCUT2D eigenvalue weighted by molar-refractivity contribution is 8.17. The van der Waals surface area contributed by atoms with E-state index in [1.165, 1.54) is 34.0 Å². The van der Waals surface area contributed by atoms with Gasteiger partial charge >= 0.3 is 5.97 Å². The van der Waals surface area contributed by atoms with E-state index >= 15 is 0 Å². The number of hydrogen-bond donors (Lipinski definition) is 2. The molecular formula is C18H25N2O4S2+. The molecule has 2 fully saturated rings. The van der Waals surface area contributed by atoms with E-state index in [2.05, 4.69) is 33.3 Å². The topological polar surface area (TPSA) is 77.8 Å². The molecule has 1 aromatic carbocycles. The number of hydrogen-bond acceptors (Lipinski definition) is 5. The number of β-lactam (4-membered cyclic amide) rings is 1. The van der Waals surface area contributed by atoms with Gasteiger partial charge in [-0.3, -0.25) is 4.79 Å². The molecule has 2 aliphatic heterocycles. The van der Waals surface area contributed by atoms with Crippen LogP contribution in [0, 0.1) is 5.92 Å². The zero-order chi connectivity index (χ0) is 19.1. The molecule has 0 bridgehead atoms. The molecule has 142 valence electrons. The molecule has 26 heavy (non-hydrogen) atoms. The first kappa shape index (κ1) is 19.5. The molecule has 2 aliphatic rings. The molecular weight excluding hydrogens is 372 g/mol. The minimum Gasteiger partial charge on any atom is -0.480 e. The maximum absolute atomic E-state index is 12.3. The third kappa shape index (κ3) is 3.88. The average Bonchev–Trinajstić information content (AvgIpc) is 2.88. The summed E-state index contributed by atoms with van der Waals surface area (Å²) in [7, 11) is 6.41. The normalized spacial score (nSPS) is 28.0. The van der Waals surface area contributed by atoms with Crippen molar-refractivity contribution in [3.05, 3.63) is 29.8 Å². The van der Waals surface area contributed by atoms with E-state index in [0.29, 0.717) is 6.42 Å². The van der Waals surface area contributed by atoms with Crippen LogP contribution in [-0.4, -0.2) is 75.2 Å². The first-order chi connectivity index (χ1) is 12.2. The van der Waals surface area contributed by atoms with Crippen LogP contribution in [0.15, 0.2) is 29.2 Å². The van der Waals surface area contributed by atoms with Crippen molar-refractivity contribution >= 4 is 35.4 Å². The maximum Gasteiger partial charge on any atom is 0.328 e. The van der Waals surface area contributed by atoms with E-state index in [1.807, 2.05) is 12.1 Å². The number of carbonyl (C=O) groups excluding carboxylic acids is 1. The lowest BCUT2D eigenvalue weighted by molar-refractivity contribution is -0.884. The van der Waals surface area contributed by atoms with Gasteiger partial charge < -0.3 is 19.6 Å². The smallest absolute Gasteiger partial charge is 0.328 e. The number of aliphatic hydroxyl groups excluding tert-OH is 1. The van der Waals surface area contributed by atoms with Crippen molar-refractivity contribution in [3.63, 3.8) is 0 Å². The highest BCUT2D eigenvalue weighted by Crippen LogP contribution is 2.53. The van der Waals surface area contributed by atoms with Crippen LogP contribution in [0.2, 0.25) is 0 Å². The molecule has 0 saturated carbocycles. The number of carboxylic acids is 1. The van der Waals surface area contributed by atoms with Gasteiger partial charge in [-0.05, 0) is 18.6 Å². The zero-order valence-electron chi connectivity index (χ0n) is 15.2. The Labute approximate surface area is 162 Å². The third-order valence-corrected chi connectivity index (χ3v) is 7.56. The summed E-state index contributed by atoms with van der Waals surface area (Å²) in [6.45, 7) is 0.874. The number of fused-ring (bicyclic) bond motifs is 1. The fourth-order valence-electron chi connectivity index (χ4n) is 3.44. The van der Waals surface area contributed by atoms with Crippen molar-refractivity contribution in [2.75, 3.05) is 27.7 Å². The number of carbonyl (C=O) groups is 2. The predicted octanol–water partition coefficient (Wildman–Crippen LogP) is 1.68. The van der Waals surface area contributed by atoms with Gasteiger partial charge in [0.2, 0.25) is 5.91 Å². The summed E-state index contributed by atoms with van der Waals surface area (Å²) in [5.74, 6) is -1.37. The molecule has 2 heterocycles. The molecule has 0 aromatic heterocycles. The molecule has 3 rings (SSSR count). The van der Waals surface area contributed by atoms with Crippen LogP contribution >= 0.6 is 23.5 Å². The summed E-state index contributed by atoms with van der Waals surface area (Å²) in [5, 5.41) is 18.6. The molecule has 0 spiro atoms. The van der Waals surface area contributed by atoms with Gasteiger partial charge in [-0.15, -0.1) is 23.5 Å². The Morgan fingerprint density at radius 3 is 2.46 bits per heavy atom. The van der Waals surface area contributed by atoms with Crippen LogP contribution in [0.5, 0.6) is 0 Å². The number of amides is 1. The standard InChI is InChI=1S/C18H24N2O4S2/c1-20(2,3)10-11-4-6-12(7-5-11)25-18-14(17(23)24)19-15(22)13(8-9-21)16(19)26-18/h4-7,13-14,16,18,21H,8-10H2,1-3H3/p+1/t13-,14?,16?,18?/m0/s1. The van der Waals surface area contributed by atoms with Gasteiger partial charge in [0.15, 0.2) is 6.04 Å². The van der Waals surface area contributed by atoms with E-state index in [4.69, 9.17) is 5.11 Å². The molecule has 8 heteroatoms. The number of benzene rings is 1. The van der Waals surface area contributed by atoms with Crippen LogP contribution in [0.4, 0.5) is 0 Å². The third-order valence-electron chi connectivity index (χ3n) is 4.55. The second-order valence-electron chi connectivity index (χ2n) is 7.75. The van der Waals surface area contributed by atoms with Gasteiger partial charge in [-0.1, -0.05) is 12.1 Å². The highest BCUT2D eigenvalue weighted by atomic mass is 32.2. The SMILES string of the molecule is C[N+](C)(C)Cc1ccc(SC2SC3[C@@H](CCO)C(=O)N3C2C(=O)O)cc1. The van der Waals surface area contributed by atoms with Gasteiger partial charge in [0.05, 0.1) is 37.0 Å². The number of carboxylic acid groups (broad SMARTS) is 1. The highest BCUT2D eigenvalue weighted by Gasteiger charge is 2.60. The van der Waals surface area contributed by atoms with Crippen LogP contribution in [0.25, 0.3) is 0 Å². The predicted molar refractivity (Wildman–Crippen MR) is 103 cm³/mol. The Hall–Kier alpha value is -1.22. The van der Waals surface area contributed by atoms with Crippen molar-refractivity contribution < 1.29 is 24.3 Å².